The molecule has 30 heavy (non-hydrogen) atoms. The van der Waals surface area contributed by atoms with Gasteiger partial charge in [0.25, 0.3) is 0 Å². The number of nitrogens with zero attached hydrogens (tertiary/aromatic N) is 2. The van der Waals surface area contributed by atoms with E-state index in [4.69, 9.17) is 0 Å². The van der Waals surface area contributed by atoms with E-state index >= 15 is 0 Å². The van der Waals surface area contributed by atoms with E-state index in [-0.39, 0.29) is 24.0 Å². The molecule has 2 heterocycles. The fourth-order valence-electron chi connectivity index (χ4n) is 3.83. The lowest BCUT2D eigenvalue weighted by atomic mass is 10.1. The second kappa shape index (κ2) is 9.74. The molecule has 0 saturated carbocycles. The summed E-state index contributed by atoms with van der Waals surface area (Å²) in [4.78, 5) is 26.0. The zero-order chi connectivity index (χ0) is 21.7. The van der Waals surface area contributed by atoms with Crippen molar-refractivity contribution < 1.29 is 22.4 Å². The topological polar surface area (TPSA) is 98.8 Å². The van der Waals surface area contributed by atoms with E-state index in [1.165, 1.54) is 11.0 Å². The Morgan fingerprint density at radius 1 is 1.17 bits per heavy atom. The molecule has 166 valence electrons. The second-order valence-corrected chi connectivity index (χ2v) is 9.77. The van der Waals surface area contributed by atoms with E-state index < -0.39 is 22.1 Å². The molecular weight excluding hydrogens is 411 g/mol. The van der Waals surface area contributed by atoms with Crippen LogP contribution in [0.15, 0.2) is 18.2 Å². The number of hydrogen-bond donors (Lipinski definition) is 2. The summed E-state index contributed by atoms with van der Waals surface area (Å²) >= 11 is 0. The number of anilines is 1. The lowest BCUT2D eigenvalue weighted by Crippen LogP contribution is -2.30. The molecule has 3 amide bonds. The van der Waals surface area contributed by atoms with Crippen LogP contribution in [-0.2, 0) is 14.8 Å². The third kappa shape index (κ3) is 5.91. The third-order valence-electron chi connectivity index (χ3n) is 5.48. The number of hydrogen-bond acceptors (Lipinski definition) is 5. The van der Waals surface area contributed by atoms with Crippen molar-refractivity contribution in [2.24, 2.45) is 0 Å². The van der Waals surface area contributed by atoms with Crippen LogP contribution in [0, 0.1) is 5.82 Å². The number of benzene rings is 1. The van der Waals surface area contributed by atoms with Crippen LogP contribution in [0.4, 0.5) is 14.9 Å². The number of carbonyl (C=O) groups is 2. The molecule has 10 heteroatoms. The van der Waals surface area contributed by atoms with Gasteiger partial charge in [-0.3, -0.25) is 10.1 Å². The standard InChI is InChI=1S/C20H29FN4O4S/c1-15(16-7-8-17(21)18(13-16)24-9-4-5-10-24)23-30(28,29)12-6-2-3-11-25-14-19(26)22-20(25)27/h7-8,13,15,23H,2-6,9-12,14H2,1H3,(H,22,26,27)/t15-/m1/s1. The summed E-state index contributed by atoms with van der Waals surface area (Å²) in [6.07, 6.45) is 3.77. The van der Waals surface area contributed by atoms with Gasteiger partial charge in [-0.1, -0.05) is 12.5 Å². The first-order valence-electron chi connectivity index (χ1n) is 10.4. The van der Waals surface area contributed by atoms with Crippen LogP contribution in [-0.4, -0.2) is 57.2 Å². The maximum atomic E-state index is 14.2. The number of carbonyl (C=O) groups excluding carboxylic acids is 2. The molecular formula is C20H29FN4O4S. The average molecular weight is 441 g/mol. The van der Waals surface area contributed by atoms with Crippen molar-refractivity contribution in [1.29, 1.82) is 0 Å². The van der Waals surface area contributed by atoms with Gasteiger partial charge in [-0.2, -0.15) is 0 Å². The Hall–Kier alpha value is -2.20. The number of rotatable bonds is 10. The summed E-state index contributed by atoms with van der Waals surface area (Å²) in [5, 5.41) is 2.21. The van der Waals surface area contributed by atoms with Crippen LogP contribution in [0.2, 0.25) is 0 Å². The molecule has 2 fully saturated rings. The van der Waals surface area contributed by atoms with Gasteiger partial charge in [0.2, 0.25) is 15.9 Å². The number of urea groups is 1. The smallest absolute Gasteiger partial charge is 0.324 e. The number of sulfonamides is 1. The molecule has 0 aromatic heterocycles. The zero-order valence-electron chi connectivity index (χ0n) is 17.2. The van der Waals surface area contributed by atoms with Crippen LogP contribution in [0.3, 0.4) is 0 Å². The van der Waals surface area contributed by atoms with Gasteiger partial charge in [0.1, 0.15) is 12.4 Å². The highest BCUT2D eigenvalue weighted by Gasteiger charge is 2.26. The van der Waals surface area contributed by atoms with Crippen molar-refractivity contribution >= 4 is 27.6 Å². The molecule has 0 radical (unpaired) electrons. The summed E-state index contributed by atoms with van der Waals surface area (Å²) in [6, 6.07) is 3.89. The highest BCUT2D eigenvalue weighted by atomic mass is 32.2. The highest BCUT2D eigenvalue weighted by Crippen LogP contribution is 2.27. The molecule has 8 nitrogen and oxygen atoms in total. The molecule has 0 unspecified atom stereocenters. The van der Waals surface area contributed by atoms with Crippen molar-refractivity contribution in [1.82, 2.24) is 14.9 Å². The van der Waals surface area contributed by atoms with Crippen LogP contribution < -0.4 is 14.9 Å². The predicted molar refractivity (Wildman–Crippen MR) is 112 cm³/mol. The van der Waals surface area contributed by atoms with Crippen LogP contribution >= 0.6 is 0 Å². The van der Waals surface area contributed by atoms with E-state index in [2.05, 4.69) is 10.0 Å². The molecule has 2 N–H and O–H groups in total. The van der Waals surface area contributed by atoms with E-state index in [1.54, 1.807) is 19.1 Å². The van der Waals surface area contributed by atoms with E-state index in [0.717, 1.165) is 31.5 Å². The van der Waals surface area contributed by atoms with Gasteiger partial charge in [-0.25, -0.2) is 22.3 Å². The van der Waals surface area contributed by atoms with Gasteiger partial charge < -0.3 is 9.80 Å². The number of nitrogens with one attached hydrogen (secondary N) is 2. The third-order valence-corrected chi connectivity index (χ3v) is 7.02. The molecule has 2 saturated heterocycles. The maximum absolute atomic E-state index is 14.2. The normalized spacial score (nSPS) is 18.2. The average Bonchev–Trinajstić information content (AvgIpc) is 3.31. The molecule has 1 aromatic rings. The van der Waals surface area contributed by atoms with Gasteiger partial charge in [-0.05, 0) is 50.3 Å². The highest BCUT2D eigenvalue weighted by molar-refractivity contribution is 7.89. The second-order valence-electron chi connectivity index (χ2n) is 7.90. The Morgan fingerprint density at radius 2 is 1.90 bits per heavy atom. The van der Waals surface area contributed by atoms with Gasteiger partial charge in [0.15, 0.2) is 0 Å². The number of halogens is 1. The minimum atomic E-state index is -3.49. The van der Waals surface area contributed by atoms with Gasteiger partial charge >= 0.3 is 6.03 Å². The Labute approximate surface area is 176 Å². The summed E-state index contributed by atoms with van der Waals surface area (Å²) in [7, 11) is -3.49. The Morgan fingerprint density at radius 3 is 2.57 bits per heavy atom. The van der Waals surface area contributed by atoms with Crippen molar-refractivity contribution in [3.05, 3.63) is 29.6 Å². The number of unbranched alkanes of at least 4 members (excludes halogenated alkanes) is 2. The van der Waals surface area contributed by atoms with Crippen molar-refractivity contribution in [3.63, 3.8) is 0 Å². The molecule has 0 spiro atoms. The molecule has 1 atom stereocenters. The fraction of sp³-hybridized carbons (Fsp3) is 0.600. The summed E-state index contributed by atoms with van der Waals surface area (Å²) in [5.74, 6) is -0.624. The van der Waals surface area contributed by atoms with E-state index in [9.17, 15) is 22.4 Å². The summed E-state index contributed by atoms with van der Waals surface area (Å²) in [5.41, 5.74) is 1.26. The van der Waals surface area contributed by atoms with Crippen LogP contribution in [0.1, 0.15) is 50.6 Å². The quantitative estimate of drug-likeness (QED) is 0.429. The fourth-order valence-corrected chi connectivity index (χ4v) is 5.21. The Bertz CT molecular complexity index is 887. The first-order valence-corrected chi connectivity index (χ1v) is 12.0. The largest absolute Gasteiger partial charge is 0.369 e. The zero-order valence-corrected chi connectivity index (χ0v) is 18.0. The van der Waals surface area contributed by atoms with Gasteiger partial charge in [-0.15, -0.1) is 0 Å². The SMILES string of the molecule is C[C@@H](NS(=O)(=O)CCCCCN1CC(=O)NC1=O)c1ccc(F)c(N2CCCC2)c1. The van der Waals surface area contributed by atoms with Crippen molar-refractivity contribution in [2.75, 3.05) is 36.8 Å². The molecule has 3 rings (SSSR count). The first kappa shape index (κ1) is 22.5. The van der Waals surface area contributed by atoms with Crippen LogP contribution in [0.25, 0.3) is 0 Å². The van der Waals surface area contributed by atoms with E-state index in [0.29, 0.717) is 31.5 Å². The maximum Gasteiger partial charge on any atom is 0.324 e. The van der Waals surface area contributed by atoms with Crippen LogP contribution in [0.5, 0.6) is 0 Å². The lowest BCUT2D eigenvalue weighted by molar-refractivity contribution is -0.118. The lowest BCUT2D eigenvalue weighted by Gasteiger charge is -2.21. The minimum absolute atomic E-state index is 0.0252. The van der Waals surface area contributed by atoms with Crippen molar-refractivity contribution in [2.45, 2.75) is 45.1 Å². The van der Waals surface area contributed by atoms with Crippen molar-refractivity contribution in [3.8, 4) is 0 Å². The Kier molecular flexibility index (Phi) is 7.30. The predicted octanol–water partition coefficient (Wildman–Crippen LogP) is 2.13. The number of amides is 3. The summed E-state index contributed by atoms with van der Waals surface area (Å²) < 4.78 is 41.7. The molecule has 1 aromatic carbocycles. The minimum Gasteiger partial charge on any atom is -0.369 e. The van der Waals surface area contributed by atoms with Gasteiger partial charge in [0, 0.05) is 25.7 Å². The van der Waals surface area contributed by atoms with E-state index in [1.807, 2.05) is 4.90 Å². The monoisotopic (exact) mass is 440 g/mol. The molecule has 0 bridgehead atoms. The molecule has 2 aliphatic heterocycles. The molecule has 2 aliphatic rings. The Balaban J connectivity index is 1.46. The number of imide groups is 1. The first-order chi connectivity index (χ1) is 14.2. The van der Waals surface area contributed by atoms with Gasteiger partial charge in [0.05, 0.1) is 11.4 Å². The molecule has 0 aliphatic carbocycles. The summed E-state index contributed by atoms with van der Waals surface area (Å²) in [6.45, 7) is 3.87.